The minimum Gasteiger partial charge on any atom is -0.444 e. The number of carbonyl (C=O) groups is 1. The van der Waals surface area contributed by atoms with Crippen molar-refractivity contribution in [3.8, 4) is 0 Å². The lowest BCUT2D eigenvalue weighted by molar-refractivity contribution is 0.0256. The van der Waals surface area contributed by atoms with Gasteiger partial charge in [0.05, 0.1) is 6.04 Å². The number of nitrogens with zero attached hydrogens (tertiary/aromatic N) is 1. The second kappa shape index (κ2) is 6.08. The Bertz CT molecular complexity index is 278. The quantitative estimate of drug-likeness (QED) is 0.702. The summed E-state index contributed by atoms with van der Waals surface area (Å²) in [5, 5.41) is 0. The van der Waals surface area contributed by atoms with Crippen molar-refractivity contribution in [1.82, 2.24) is 4.90 Å². The summed E-state index contributed by atoms with van der Waals surface area (Å²) in [7, 11) is 0. The molecule has 17 heavy (non-hydrogen) atoms. The summed E-state index contributed by atoms with van der Waals surface area (Å²) < 4.78 is 5.41. The average Bonchev–Trinajstić information content (AvgIpc) is 2.64. The van der Waals surface area contributed by atoms with E-state index < -0.39 is 5.60 Å². The molecule has 0 spiro atoms. The number of hydrogen-bond donors (Lipinski definition) is 0. The number of likely N-dealkylation sites (tertiary alicyclic amines) is 1. The fraction of sp³-hybridized carbons (Fsp3) is 0.786. The van der Waals surface area contributed by atoms with E-state index in [0.717, 1.165) is 32.2 Å². The summed E-state index contributed by atoms with van der Waals surface area (Å²) in [6.07, 6.45) is 8.50. The van der Waals surface area contributed by atoms with E-state index in [1.165, 1.54) is 0 Å². The van der Waals surface area contributed by atoms with Gasteiger partial charge < -0.3 is 9.64 Å². The lowest BCUT2D eigenvalue weighted by Crippen LogP contribution is -2.39. The molecule has 1 heterocycles. The van der Waals surface area contributed by atoms with E-state index in [2.05, 4.69) is 19.1 Å². The first-order chi connectivity index (χ1) is 7.94. The lowest BCUT2D eigenvalue weighted by atomic mass is 10.2. The van der Waals surface area contributed by atoms with E-state index >= 15 is 0 Å². The van der Waals surface area contributed by atoms with Crippen LogP contribution in [-0.2, 0) is 4.74 Å². The Balaban J connectivity index is 2.54. The molecule has 1 saturated heterocycles. The van der Waals surface area contributed by atoms with Crippen molar-refractivity contribution in [3.63, 3.8) is 0 Å². The highest BCUT2D eigenvalue weighted by atomic mass is 16.6. The normalized spacial score (nSPS) is 21.2. The van der Waals surface area contributed by atoms with E-state index in [-0.39, 0.29) is 12.1 Å². The molecule has 0 aromatic heterocycles. The van der Waals surface area contributed by atoms with E-state index in [1.807, 2.05) is 25.7 Å². The van der Waals surface area contributed by atoms with Crippen LogP contribution in [0.5, 0.6) is 0 Å². The highest BCUT2D eigenvalue weighted by molar-refractivity contribution is 5.69. The molecule has 0 aromatic carbocycles. The molecule has 1 aliphatic heterocycles. The van der Waals surface area contributed by atoms with Gasteiger partial charge in [0, 0.05) is 6.54 Å². The number of hydrogen-bond acceptors (Lipinski definition) is 2. The van der Waals surface area contributed by atoms with Gasteiger partial charge in [-0.15, -0.1) is 0 Å². The van der Waals surface area contributed by atoms with Gasteiger partial charge in [-0.25, -0.2) is 4.79 Å². The molecule has 1 atom stereocenters. The van der Waals surface area contributed by atoms with Gasteiger partial charge in [-0.05, 0) is 40.0 Å². The van der Waals surface area contributed by atoms with Gasteiger partial charge in [-0.3, -0.25) is 0 Å². The molecule has 98 valence electrons. The molecule has 0 unspecified atom stereocenters. The molecule has 1 rings (SSSR count). The average molecular weight is 239 g/mol. The van der Waals surface area contributed by atoms with Crippen molar-refractivity contribution in [1.29, 1.82) is 0 Å². The Kier molecular flexibility index (Phi) is 5.03. The summed E-state index contributed by atoms with van der Waals surface area (Å²) in [4.78, 5) is 13.8. The molecule has 0 radical (unpaired) electrons. The van der Waals surface area contributed by atoms with E-state index in [0.29, 0.717) is 0 Å². The number of allylic oxidation sites excluding steroid dienone is 1. The minimum atomic E-state index is -0.405. The van der Waals surface area contributed by atoms with Gasteiger partial charge in [0.25, 0.3) is 0 Å². The first kappa shape index (κ1) is 14.1. The predicted molar refractivity (Wildman–Crippen MR) is 70.0 cm³/mol. The standard InChI is InChI=1S/C14H25NO2/c1-5-6-7-9-12-10-8-11-15(12)13(16)17-14(2,3)4/h7,9,12H,5-6,8,10-11H2,1-4H3/b9-7+/t12-/m1/s1. The van der Waals surface area contributed by atoms with Crippen molar-refractivity contribution in [3.05, 3.63) is 12.2 Å². The Morgan fingerprint density at radius 1 is 1.47 bits per heavy atom. The second-order valence-electron chi connectivity index (χ2n) is 5.60. The highest BCUT2D eigenvalue weighted by Gasteiger charge is 2.30. The number of unbranched alkanes of at least 4 members (excludes halogenated alkanes) is 1. The zero-order chi connectivity index (χ0) is 12.9. The maximum atomic E-state index is 12.0. The van der Waals surface area contributed by atoms with Gasteiger partial charge in [0.1, 0.15) is 5.60 Å². The van der Waals surface area contributed by atoms with Crippen molar-refractivity contribution in [2.24, 2.45) is 0 Å². The SMILES string of the molecule is CCC/C=C/[C@@H]1CCCN1C(=O)OC(C)(C)C. The van der Waals surface area contributed by atoms with Crippen molar-refractivity contribution < 1.29 is 9.53 Å². The van der Waals surface area contributed by atoms with Crippen LogP contribution in [0.3, 0.4) is 0 Å². The molecule has 1 aliphatic rings. The van der Waals surface area contributed by atoms with Crippen molar-refractivity contribution in [2.45, 2.75) is 65.0 Å². The Morgan fingerprint density at radius 3 is 2.76 bits per heavy atom. The first-order valence-electron chi connectivity index (χ1n) is 6.60. The lowest BCUT2D eigenvalue weighted by Gasteiger charge is -2.27. The van der Waals surface area contributed by atoms with Gasteiger partial charge in [0.15, 0.2) is 0 Å². The van der Waals surface area contributed by atoms with Crippen LogP contribution in [0.4, 0.5) is 4.79 Å². The van der Waals surface area contributed by atoms with Crippen LogP contribution in [-0.4, -0.2) is 29.2 Å². The summed E-state index contributed by atoms with van der Waals surface area (Å²) in [6, 6.07) is 0.233. The van der Waals surface area contributed by atoms with Gasteiger partial charge >= 0.3 is 6.09 Å². The summed E-state index contributed by atoms with van der Waals surface area (Å²) in [5.74, 6) is 0. The molecule has 1 amide bonds. The third kappa shape index (κ3) is 4.80. The molecule has 0 aliphatic carbocycles. The van der Waals surface area contributed by atoms with Crippen molar-refractivity contribution >= 4 is 6.09 Å². The van der Waals surface area contributed by atoms with Crippen LogP contribution in [0.25, 0.3) is 0 Å². The second-order valence-corrected chi connectivity index (χ2v) is 5.60. The fourth-order valence-electron chi connectivity index (χ4n) is 1.96. The molecule has 0 bridgehead atoms. The third-order valence-electron chi connectivity index (χ3n) is 2.74. The van der Waals surface area contributed by atoms with Crippen LogP contribution in [0.15, 0.2) is 12.2 Å². The first-order valence-corrected chi connectivity index (χ1v) is 6.60. The van der Waals surface area contributed by atoms with Gasteiger partial charge in [-0.2, -0.15) is 0 Å². The van der Waals surface area contributed by atoms with Gasteiger partial charge in [-0.1, -0.05) is 25.5 Å². The summed E-state index contributed by atoms with van der Waals surface area (Å²) >= 11 is 0. The predicted octanol–water partition coefficient (Wildman–Crippen LogP) is 3.74. The third-order valence-corrected chi connectivity index (χ3v) is 2.74. The number of rotatable bonds is 3. The minimum absolute atomic E-state index is 0.179. The largest absolute Gasteiger partial charge is 0.444 e. The zero-order valence-electron chi connectivity index (χ0n) is 11.5. The number of amides is 1. The number of carbonyl (C=O) groups excluding carboxylic acids is 1. The molecule has 3 heteroatoms. The van der Waals surface area contributed by atoms with Crippen LogP contribution in [0.1, 0.15) is 53.4 Å². The maximum Gasteiger partial charge on any atom is 0.410 e. The van der Waals surface area contributed by atoms with Crippen LogP contribution in [0.2, 0.25) is 0 Å². The molecule has 0 aromatic rings. The van der Waals surface area contributed by atoms with Crippen LogP contribution in [0, 0.1) is 0 Å². The number of ether oxygens (including phenoxy) is 1. The zero-order valence-corrected chi connectivity index (χ0v) is 11.5. The van der Waals surface area contributed by atoms with Gasteiger partial charge in [0.2, 0.25) is 0 Å². The highest BCUT2D eigenvalue weighted by Crippen LogP contribution is 2.21. The fourth-order valence-corrected chi connectivity index (χ4v) is 1.96. The molecule has 1 fully saturated rings. The topological polar surface area (TPSA) is 29.5 Å². The van der Waals surface area contributed by atoms with Crippen LogP contribution < -0.4 is 0 Å². The van der Waals surface area contributed by atoms with E-state index in [1.54, 1.807) is 0 Å². The Labute approximate surface area is 105 Å². The molecular formula is C14H25NO2. The molecule has 3 nitrogen and oxygen atoms in total. The maximum absolute atomic E-state index is 12.0. The molecule has 0 N–H and O–H groups in total. The van der Waals surface area contributed by atoms with Crippen molar-refractivity contribution in [2.75, 3.05) is 6.54 Å². The smallest absolute Gasteiger partial charge is 0.410 e. The summed E-state index contributed by atoms with van der Waals surface area (Å²) in [5.41, 5.74) is -0.405. The monoisotopic (exact) mass is 239 g/mol. The molecular weight excluding hydrogens is 214 g/mol. The summed E-state index contributed by atoms with van der Waals surface area (Å²) in [6.45, 7) is 8.69. The Morgan fingerprint density at radius 2 is 2.18 bits per heavy atom. The Hall–Kier alpha value is -0.990. The van der Waals surface area contributed by atoms with E-state index in [9.17, 15) is 4.79 Å². The van der Waals surface area contributed by atoms with Crippen LogP contribution >= 0.6 is 0 Å². The molecule has 0 saturated carbocycles. The van der Waals surface area contributed by atoms with E-state index in [4.69, 9.17) is 4.74 Å².